The molecule has 160 valence electrons. The molecule has 0 bridgehead atoms. The van der Waals surface area contributed by atoms with E-state index in [1.165, 1.54) is 0 Å². The molecule has 1 aromatic heterocycles. The number of aryl methyl sites for hydroxylation is 2. The van der Waals surface area contributed by atoms with Crippen molar-refractivity contribution in [1.82, 2.24) is 5.32 Å². The Morgan fingerprint density at radius 2 is 1.81 bits per heavy atom. The molecule has 4 rings (SSSR count). The van der Waals surface area contributed by atoms with E-state index >= 15 is 0 Å². The molecule has 1 aliphatic carbocycles. The summed E-state index contributed by atoms with van der Waals surface area (Å²) in [5.41, 5.74) is 3.00. The van der Waals surface area contributed by atoms with Gasteiger partial charge in [0, 0.05) is 16.5 Å². The van der Waals surface area contributed by atoms with Crippen LogP contribution in [-0.2, 0) is 22.4 Å². The highest BCUT2D eigenvalue weighted by Gasteiger charge is 2.26. The van der Waals surface area contributed by atoms with Crippen LogP contribution in [0.5, 0.6) is 5.75 Å². The number of carboxylic acids is 1. The molecule has 2 atom stereocenters. The van der Waals surface area contributed by atoms with Crippen molar-refractivity contribution in [3.63, 3.8) is 0 Å². The van der Waals surface area contributed by atoms with Crippen LogP contribution in [0, 0.1) is 6.92 Å². The lowest BCUT2D eigenvalue weighted by molar-refractivity contribution is -0.143. The van der Waals surface area contributed by atoms with Crippen LogP contribution >= 0.6 is 0 Å². The quantitative estimate of drug-likeness (QED) is 0.592. The Balaban J connectivity index is 1.56. The molecular formula is C24H23NO6. The normalized spacial score (nSPS) is 14.6. The van der Waals surface area contributed by atoms with Crippen molar-refractivity contribution in [2.75, 3.05) is 0 Å². The van der Waals surface area contributed by atoms with Crippen LogP contribution in [0.4, 0.5) is 0 Å². The molecule has 0 fully saturated rings. The third-order valence-corrected chi connectivity index (χ3v) is 5.68. The van der Waals surface area contributed by atoms with Crippen molar-refractivity contribution in [2.24, 2.45) is 0 Å². The van der Waals surface area contributed by atoms with E-state index in [1.807, 2.05) is 6.07 Å². The first-order valence-electron chi connectivity index (χ1n) is 10.2. The molecule has 31 heavy (non-hydrogen) atoms. The van der Waals surface area contributed by atoms with Gasteiger partial charge in [-0.25, -0.2) is 9.59 Å². The number of carbonyl (C=O) groups is 2. The summed E-state index contributed by atoms with van der Waals surface area (Å²) >= 11 is 0. The number of carboxylic acid groups (broad SMARTS) is 1. The number of hydrogen-bond donors (Lipinski definition) is 2. The molecular weight excluding hydrogens is 398 g/mol. The predicted molar refractivity (Wildman–Crippen MR) is 114 cm³/mol. The summed E-state index contributed by atoms with van der Waals surface area (Å²) in [6.45, 7) is 3.32. The van der Waals surface area contributed by atoms with Gasteiger partial charge in [0.15, 0.2) is 12.1 Å². The van der Waals surface area contributed by atoms with Crippen molar-refractivity contribution in [3.05, 3.63) is 75.1 Å². The molecule has 0 saturated carbocycles. The summed E-state index contributed by atoms with van der Waals surface area (Å²) < 4.78 is 11.4. The summed E-state index contributed by atoms with van der Waals surface area (Å²) in [4.78, 5) is 36.6. The van der Waals surface area contributed by atoms with Gasteiger partial charge in [-0.05, 0) is 56.4 Å². The Labute approximate surface area is 178 Å². The van der Waals surface area contributed by atoms with E-state index in [0.29, 0.717) is 22.5 Å². The van der Waals surface area contributed by atoms with Crippen molar-refractivity contribution in [3.8, 4) is 5.75 Å². The van der Waals surface area contributed by atoms with Crippen LogP contribution in [0.25, 0.3) is 11.0 Å². The van der Waals surface area contributed by atoms with Crippen LogP contribution in [0.15, 0.2) is 51.7 Å². The Morgan fingerprint density at radius 3 is 2.52 bits per heavy atom. The van der Waals surface area contributed by atoms with Crippen LogP contribution in [0.1, 0.15) is 41.6 Å². The van der Waals surface area contributed by atoms with Gasteiger partial charge in [0.1, 0.15) is 11.3 Å². The number of fused-ring (bicyclic) bond motifs is 3. The Kier molecular flexibility index (Phi) is 5.50. The summed E-state index contributed by atoms with van der Waals surface area (Å²) in [7, 11) is 0. The lowest BCUT2D eigenvalue weighted by Crippen LogP contribution is -2.41. The molecule has 1 heterocycles. The second-order valence-electron chi connectivity index (χ2n) is 7.72. The molecule has 1 amide bonds. The first kappa shape index (κ1) is 20.7. The highest BCUT2D eigenvalue weighted by atomic mass is 16.5. The van der Waals surface area contributed by atoms with E-state index < -0.39 is 24.0 Å². The number of benzene rings is 2. The van der Waals surface area contributed by atoms with E-state index in [2.05, 4.69) is 5.32 Å². The van der Waals surface area contributed by atoms with Gasteiger partial charge < -0.3 is 19.6 Å². The van der Waals surface area contributed by atoms with Gasteiger partial charge >= 0.3 is 11.6 Å². The van der Waals surface area contributed by atoms with E-state index in [-0.39, 0.29) is 5.63 Å². The van der Waals surface area contributed by atoms with Gasteiger partial charge in [0.05, 0.1) is 0 Å². The molecule has 0 radical (unpaired) electrons. The largest absolute Gasteiger partial charge is 0.480 e. The first-order valence-corrected chi connectivity index (χ1v) is 10.2. The molecule has 3 aromatic rings. The number of carbonyl (C=O) groups excluding carboxylic acids is 1. The zero-order chi connectivity index (χ0) is 22.1. The lowest BCUT2D eigenvalue weighted by Gasteiger charge is -2.20. The molecule has 0 aliphatic heterocycles. The Morgan fingerprint density at radius 1 is 1.10 bits per heavy atom. The summed E-state index contributed by atoms with van der Waals surface area (Å²) in [5.74, 6) is -1.32. The average Bonchev–Trinajstić information content (AvgIpc) is 3.25. The van der Waals surface area contributed by atoms with Gasteiger partial charge in [-0.2, -0.15) is 0 Å². The SMILES string of the molecule is Cc1c(OC(C)C(=O)N[C@@H](C(=O)O)c2ccccc2)ccc2c3c(c(=O)oc12)CCC3. The van der Waals surface area contributed by atoms with Crippen molar-refractivity contribution < 1.29 is 23.8 Å². The summed E-state index contributed by atoms with van der Waals surface area (Å²) in [6, 6.07) is 10.9. The van der Waals surface area contributed by atoms with Gasteiger partial charge in [0.2, 0.25) is 0 Å². The number of amides is 1. The van der Waals surface area contributed by atoms with Gasteiger partial charge in [-0.1, -0.05) is 30.3 Å². The van der Waals surface area contributed by atoms with Crippen molar-refractivity contribution in [2.45, 2.75) is 45.3 Å². The molecule has 2 N–H and O–H groups in total. The molecule has 7 nitrogen and oxygen atoms in total. The lowest BCUT2D eigenvalue weighted by atomic mass is 10.0. The van der Waals surface area contributed by atoms with Crippen LogP contribution in [-0.4, -0.2) is 23.1 Å². The zero-order valence-corrected chi connectivity index (χ0v) is 17.3. The maximum absolute atomic E-state index is 12.6. The molecule has 1 unspecified atom stereocenters. The third kappa shape index (κ3) is 3.91. The topological polar surface area (TPSA) is 106 Å². The van der Waals surface area contributed by atoms with Crippen molar-refractivity contribution >= 4 is 22.8 Å². The molecule has 0 spiro atoms. The monoisotopic (exact) mass is 421 g/mol. The minimum atomic E-state index is -1.18. The average molecular weight is 421 g/mol. The number of hydrogen-bond acceptors (Lipinski definition) is 5. The summed E-state index contributed by atoms with van der Waals surface area (Å²) in [5, 5.41) is 12.9. The number of aliphatic carboxylic acids is 1. The second kappa shape index (κ2) is 8.26. The fourth-order valence-corrected chi connectivity index (χ4v) is 4.03. The minimum Gasteiger partial charge on any atom is -0.480 e. The molecule has 7 heteroatoms. The maximum Gasteiger partial charge on any atom is 0.339 e. The highest BCUT2D eigenvalue weighted by molar-refractivity contribution is 5.88. The van der Waals surface area contributed by atoms with Gasteiger partial charge in [-0.3, -0.25) is 4.79 Å². The second-order valence-corrected chi connectivity index (χ2v) is 7.72. The number of nitrogens with one attached hydrogen (secondary N) is 1. The predicted octanol–water partition coefficient (Wildman–Crippen LogP) is 3.30. The standard InChI is InChI=1S/C24H23NO6/c1-13-19(12-11-17-16-9-6-10-18(16)24(29)31-21(13)17)30-14(2)22(26)25-20(23(27)28)15-7-4-3-5-8-15/h3-5,7-8,11-12,14,20H,6,9-10H2,1-2H3,(H,25,26)(H,27,28)/t14?,20-/m1/s1. The van der Waals surface area contributed by atoms with Gasteiger partial charge in [-0.15, -0.1) is 0 Å². The summed E-state index contributed by atoms with van der Waals surface area (Å²) in [6.07, 6.45) is 1.54. The smallest absolute Gasteiger partial charge is 0.339 e. The Bertz CT molecular complexity index is 1210. The fourth-order valence-electron chi connectivity index (χ4n) is 4.03. The highest BCUT2D eigenvalue weighted by Crippen LogP contribution is 2.33. The van der Waals surface area contributed by atoms with Gasteiger partial charge in [0.25, 0.3) is 5.91 Å². The first-order chi connectivity index (χ1) is 14.9. The van der Waals surface area contributed by atoms with E-state index in [1.54, 1.807) is 50.2 Å². The number of rotatable bonds is 6. The molecule has 2 aromatic carbocycles. The molecule has 0 saturated heterocycles. The fraction of sp³-hybridized carbons (Fsp3) is 0.292. The van der Waals surface area contributed by atoms with Crippen LogP contribution in [0.3, 0.4) is 0 Å². The van der Waals surface area contributed by atoms with E-state index in [4.69, 9.17) is 9.15 Å². The van der Waals surface area contributed by atoms with E-state index in [9.17, 15) is 19.5 Å². The van der Waals surface area contributed by atoms with Crippen LogP contribution in [0.2, 0.25) is 0 Å². The Hall–Kier alpha value is -3.61. The number of ether oxygens (including phenoxy) is 1. The minimum absolute atomic E-state index is 0.321. The third-order valence-electron chi connectivity index (χ3n) is 5.68. The molecule has 1 aliphatic rings. The van der Waals surface area contributed by atoms with E-state index in [0.717, 1.165) is 35.8 Å². The maximum atomic E-state index is 12.6. The van der Waals surface area contributed by atoms with Crippen LogP contribution < -0.4 is 15.7 Å². The van der Waals surface area contributed by atoms with Crippen molar-refractivity contribution in [1.29, 1.82) is 0 Å². The zero-order valence-electron chi connectivity index (χ0n) is 17.3.